The second kappa shape index (κ2) is 6.52. The minimum Gasteiger partial charge on any atom is -0.307 e. The summed E-state index contributed by atoms with van der Waals surface area (Å²) in [6, 6.07) is 17.7. The minimum absolute atomic E-state index is 0.651. The molecule has 0 aliphatic heterocycles. The molecule has 0 aliphatic carbocycles. The standard InChI is InChI=1S/C16H15ClN4/c17-16-9-5-4-6-13(16)10-18-11-14-12-19-21(20-14)15-7-2-1-3-8-15/h1-9,12,18H,10-11H2. The van der Waals surface area contributed by atoms with Crippen LogP contribution in [0.2, 0.25) is 5.02 Å². The van der Waals surface area contributed by atoms with Crippen molar-refractivity contribution in [2.75, 3.05) is 0 Å². The summed E-state index contributed by atoms with van der Waals surface area (Å²) in [6.45, 7) is 1.36. The van der Waals surface area contributed by atoms with Gasteiger partial charge in [-0.2, -0.15) is 15.0 Å². The van der Waals surface area contributed by atoms with Crippen LogP contribution in [0.25, 0.3) is 5.69 Å². The summed E-state index contributed by atoms with van der Waals surface area (Å²) in [4.78, 5) is 1.63. The molecule has 2 aromatic carbocycles. The Labute approximate surface area is 128 Å². The van der Waals surface area contributed by atoms with Crippen LogP contribution < -0.4 is 5.32 Å². The molecule has 5 heteroatoms. The Kier molecular flexibility index (Phi) is 4.28. The highest BCUT2D eigenvalue weighted by molar-refractivity contribution is 6.31. The zero-order valence-electron chi connectivity index (χ0n) is 11.4. The molecular weight excluding hydrogens is 284 g/mol. The lowest BCUT2D eigenvalue weighted by Crippen LogP contribution is -2.13. The Balaban J connectivity index is 1.60. The molecule has 1 N–H and O–H groups in total. The topological polar surface area (TPSA) is 42.7 Å². The second-order valence-electron chi connectivity index (χ2n) is 4.66. The van der Waals surface area contributed by atoms with Gasteiger partial charge < -0.3 is 5.32 Å². The van der Waals surface area contributed by atoms with Gasteiger partial charge in [0.1, 0.15) is 0 Å². The lowest BCUT2D eigenvalue weighted by molar-refractivity contribution is 0.662. The molecule has 0 aliphatic rings. The minimum atomic E-state index is 0.651. The van der Waals surface area contributed by atoms with Gasteiger partial charge in [-0.3, -0.25) is 0 Å². The lowest BCUT2D eigenvalue weighted by atomic mass is 10.2. The van der Waals surface area contributed by atoms with Crippen molar-refractivity contribution < 1.29 is 0 Å². The number of hydrogen-bond donors (Lipinski definition) is 1. The van der Waals surface area contributed by atoms with Gasteiger partial charge in [0.15, 0.2) is 0 Å². The molecule has 0 bridgehead atoms. The maximum absolute atomic E-state index is 6.12. The van der Waals surface area contributed by atoms with E-state index in [1.807, 2.05) is 54.6 Å². The zero-order valence-corrected chi connectivity index (χ0v) is 12.2. The van der Waals surface area contributed by atoms with Crippen molar-refractivity contribution in [1.29, 1.82) is 0 Å². The molecule has 0 saturated carbocycles. The number of halogens is 1. The van der Waals surface area contributed by atoms with Gasteiger partial charge in [-0.05, 0) is 23.8 Å². The van der Waals surface area contributed by atoms with E-state index in [9.17, 15) is 0 Å². The fourth-order valence-electron chi connectivity index (χ4n) is 2.03. The molecule has 0 amide bonds. The van der Waals surface area contributed by atoms with E-state index in [4.69, 9.17) is 11.6 Å². The fraction of sp³-hybridized carbons (Fsp3) is 0.125. The number of hydrogen-bond acceptors (Lipinski definition) is 3. The Bertz CT molecular complexity index is 709. The number of nitrogens with zero attached hydrogens (tertiary/aromatic N) is 3. The van der Waals surface area contributed by atoms with Crippen LogP contribution in [0.15, 0.2) is 60.8 Å². The molecule has 3 rings (SSSR count). The summed E-state index contributed by atoms with van der Waals surface area (Å²) in [5.41, 5.74) is 2.93. The Hall–Kier alpha value is -2.17. The van der Waals surface area contributed by atoms with Gasteiger partial charge in [0, 0.05) is 18.1 Å². The predicted octanol–water partition coefficient (Wildman–Crippen LogP) is 3.21. The average molecular weight is 299 g/mol. The van der Waals surface area contributed by atoms with E-state index in [0.29, 0.717) is 13.1 Å². The van der Waals surface area contributed by atoms with Gasteiger partial charge in [0.05, 0.1) is 17.6 Å². The third-order valence-corrected chi connectivity index (χ3v) is 3.47. The maximum Gasteiger partial charge on any atom is 0.0969 e. The van der Waals surface area contributed by atoms with Crippen LogP contribution in [0, 0.1) is 0 Å². The summed E-state index contributed by atoms with van der Waals surface area (Å²) in [5, 5.41) is 12.8. The first kappa shape index (κ1) is 13.8. The van der Waals surface area contributed by atoms with Crippen LogP contribution in [0.1, 0.15) is 11.3 Å². The molecule has 0 radical (unpaired) electrons. The second-order valence-corrected chi connectivity index (χ2v) is 5.06. The summed E-state index contributed by atoms with van der Waals surface area (Å²) in [7, 11) is 0. The monoisotopic (exact) mass is 298 g/mol. The normalized spacial score (nSPS) is 10.7. The zero-order chi connectivity index (χ0) is 14.5. The lowest BCUT2D eigenvalue weighted by Gasteiger charge is -2.04. The number of nitrogens with one attached hydrogen (secondary N) is 1. The quantitative estimate of drug-likeness (QED) is 0.786. The van der Waals surface area contributed by atoms with Crippen molar-refractivity contribution in [3.63, 3.8) is 0 Å². The molecule has 21 heavy (non-hydrogen) atoms. The summed E-state index contributed by atoms with van der Waals surface area (Å²) in [6.07, 6.45) is 1.77. The Morgan fingerprint density at radius 3 is 2.52 bits per heavy atom. The van der Waals surface area contributed by atoms with E-state index in [0.717, 1.165) is 22.0 Å². The number of rotatable bonds is 5. The molecule has 3 aromatic rings. The Morgan fingerprint density at radius 2 is 1.71 bits per heavy atom. The third kappa shape index (κ3) is 3.48. The highest BCUT2D eigenvalue weighted by atomic mass is 35.5. The average Bonchev–Trinajstić information content (AvgIpc) is 2.99. The van der Waals surface area contributed by atoms with Gasteiger partial charge in [0.25, 0.3) is 0 Å². The van der Waals surface area contributed by atoms with E-state index >= 15 is 0 Å². The predicted molar refractivity (Wildman–Crippen MR) is 83.4 cm³/mol. The van der Waals surface area contributed by atoms with Crippen molar-refractivity contribution in [2.24, 2.45) is 0 Å². The van der Waals surface area contributed by atoms with Crippen LogP contribution >= 0.6 is 11.6 Å². The largest absolute Gasteiger partial charge is 0.307 e. The molecule has 1 aromatic heterocycles. The van der Waals surface area contributed by atoms with Crippen LogP contribution in [-0.4, -0.2) is 15.0 Å². The number of para-hydroxylation sites is 1. The van der Waals surface area contributed by atoms with E-state index in [1.165, 1.54) is 0 Å². The van der Waals surface area contributed by atoms with Crippen molar-refractivity contribution in [3.05, 3.63) is 77.1 Å². The van der Waals surface area contributed by atoms with Crippen LogP contribution in [-0.2, 0) is 13.1 Å². The molecular formula is C16H15ClN4. The van der Waals surface area contributed by atoms with E-state index in [2.05, 4.69) is 15.5 Å². The van der Waals surface area contributed by atoms with Crippen molar-refractivity contribution >= 4 is 11.6 Å². The van der Waals surface area contributed by atoms with Crippen molar-refractivity contribution in [3.8, 4) is 5.69 Å². The first-order valence-electron chi connectivity index (χ1n) is 6.74. The first-order valence-corrected chi connectivity index (χ1v) is 7.11. The molecule has 0 atom stereocenters. The highest BCUT2D eigenvalue weighted by Gasteiger charge is 2.03. The van der Waals surface area contributed by atoms with Crippen LogP contribution in [0.3, 0.4) is 0 Å². The molecule has 0 spiro atoms. The summed E-state index contributed by atoms with van der Waals surface area (Å²) in [5.74, 6) is 0. The SMILES string of the molecule is Clc1ccccc1CNCc1cnn(-c2ccccc2)n1. The number of benzene rings is 2. The molecule has 0 unspecified atom stereocenters. The molecule has 0 saturated heterocycles. The fourth-order valence-corrected chi connectivity index (χ4v) is 2.23. The molecule has 4 nitrogen and oxygen atoms in total. The molecule has 106 valence electrons. The summed E-state index contributed by atoms with van der Waals surface area (Å²) < 4.78 is 0. The summed E-state index contributed by atoms with van der Waals surface area (Å²) >= 11 is 6.12. The van der Waals surface area contributed by atoms with Crippen LogP contribution in [0.5, 0.6) is 0 Å². The number of aromatic nitrogens is 3. The Morgan fingerprint density at radius 1 is 0.952 bits per heavy atom. The third-order valence-electron chi connectivity index (χ3n) is 3.11. The highest BCUT2D eigenvalue weighted by Crippen LogP contribution is 2.14. The van der Waals surface area contributed by atoms with Crippen LogP contribution in [0.4, 0.5) is 0 Å². The van der Waals surface area contributed by atoms with E-state index < -0.39 is 0 Å². The first-order chi connectivity index (χ1) is 10.3. The van der Waals surface area contributed by atoms with E-state index in [-0.39, 0.29) is 0 Å². The maximum atomic E-state index is 6.12. The van der Waals surface area contributed by atoms with Crippen molar-refractivity contribution in [2.45, 2.75) is 13.1 Å². The van der Waals surface area contributed by atoms with Gasteiger partial charge in [-0.25, -0.2) is 0 Å². The van der Waals surface area contributed by atoms with Gasteiger partial charge in [-0.1, -0.05) is 48.0 Å². The molecule has 0 fully saturated rings. The smallest absolute Gasteiger partial charge is 0.0969 e. The van der Waals surface area contributed by atoms with Crippen molar-refractivity contribution in [1.82, 2.24) is 20.3 Å². The molecule has 1 heterocycles. The van der Waals surface area contributed by atoms with Gasteiger partial charge in [0.2, 0.25) is 0 Å². The van der Waals surface area contributed by atoms with Gasteiger partial charge >= 0.3 is 0 Å². The van der Waals surface area contributed by atoms with Gasteiger partial charge in [-0.15, -0.1) is 0 Å². The van der Waals surface area contributed by atoms with E-state index in [1.54, 1.807) is 11.0 Å².